The minimum absolute atomic E-state index is 0. The van der Waals surface area contributed by atoms with E-state index in [1.165, 1.54) is 50.7 Å². The van der Waals surface area contributed by atoms with Crippen LogP contribution in [0.5, 0.6) is 5.75 Å². The number of pyridine rings is 1. The van der Waals surface area contributed by atoms with Crippen molar-refractivity contribution in [1.82, 2.24) is 15.2 Å². The third kappa shape index (κ3) is 8.90. The molecule has 0 unspecified atom stereocenters. The molecule has 5 nitrogen and oxygen atoms in total. The quantitative estimate of drug-likeness (QED) is 0.253. The largest absolute Gasteiger partial charge is 0.497 e. The van der Waals surface area contributed by atoms with E-state index in [0.717, 1.165) is 66.1 Å². The highest BCUT2D eigenvalue weighted by molar-refractivity contribution is 5.93. The second-order valence-electron chi connectivity index (χ2n) is 9.97. The molecule has 0 amide bonds. The van der Waals surface area contributed by atoms with Gasteiger partial charge in [0.2, 0.25) is 0 Å². The molecule has 1 saturated heterocycles. The number of piperidine rings is 1. The Morgan fingerprint density at radius 3 is 2.32 bits per heavy atom. The number of nitrogens with one attached hydrogen (secondary N) is 2. The molecular formula is C29H41Cl3N4O. The third-order valence-corrected chi connectivity index (χ3v) is 7.30. The molecule has 0 atom stereocenters. The minimum Gasteiger partial charge on any atom is -0.497 e. The smallest absolute Gasteiger partial charge is 0.118 e. The Hall–Kier alpha value is -1.76. The molecule has 3 aromatic rings. The highest BCUT2D eigenvalue weighted by Gasteiger charge is 2.26. The Balaban J connectivity index is 0.00000160. The number of hydrogen-bond acceptors (Lipinski definition) is 5. The van der Waals surface area contributed by atoms with Crippen LogP contribution >= 0.6 is 37.2 Å². The van der Waals surface area contributed by atoms with Gasteiger partial charge in [0, 0.05) is 29.7 Å². The lowest BCUT2D eigenvalue weighted by molar-refractivity contribution is 0.176. The van der Waals surface area contributed by atoms with Crippen LogP contribution < -0.4 is 15.4 Å². The first-order chi connectivity index (χ1) is 16.8. The summed E-state index contributed by atoms with van der Waals surface area (Å²) in [7, 11) is 1.69. The maximum absolute atomic E-state index is 5.30. The van der Waals surface area contributed by atoms with E-state index in [1.54, 1.807) is 7.11 Å². The van der Waals surface area contributed by atoms with Crippen molar-refractivity contribution in [3.05, 3.63) is 54.6 Å². The molecule has 1 aliphatic heterocycles. The van der Waals surface area contributed by atoms with Crippen LogP contribution in [-0.2, 0) is 0 Å². The third-order valence-electron chi connectivity index (χ3n) is 7.30. The zero-order chi connectivity index (χ0) is 23.2. The molecule has 1 aromatic heterocycles. The van der Waals surface area contributed by atoms with Crippen LogP contribution in [0.3, 0.4) is 0 Å². The van der Waals surface area contributed by atoms with E-state index in [2.05, 4.69) is 58.0 Å². The first-order valence-electron chi connectivity index (χ1n) is 13.0. The van der Waals surface area contributed by atoms with Gasteiger partial charge in [-0.1, -0.05) is 18.2 Å². The lowest BCUT2D eigenvalue weighted by atomic mass is 9.96. The van der Waals surface area contributed by atoms with Crippen molar-refractivity contribution in [1.29, 1.82) is 0 Å². The number of rotatable bonds is 11. The standard InChI is InChI=1S/C29H38N4O.3ClH/c1-34-25-11-9-24(10-12-25)28-19-29(26-5-2-3-6-27(26)32-28)31-16-4-15-30-20-22-13-17-33(18-14-22)21-23-7-8-23;;;/h2-3,5-6,9-12,19,22-23,30H,4,7-8,13-18,20-21H2,1H3,(H,31,32);3*1H. The van der Waals surface area contributed by atoms with Crippen molar-refractivity contribution in [3.63, 3.8) is 0 Å². The predicted molar refractivity (Wildman–Crippen MR) is 163 cm³/mol. The molecule has 2 N–H and O–H groups in total. The number of likely N-dealkylation sites (tertiary alicyclic amines) is 1. The van der Waals surface area contributed by atoms with E-state index >= 15 is 0 Å². The normalized spacial score (nSPS) is 15.8. The van der Waals surface area contributed by atoms with Crippen LogP contribution in [0.1, 0.15) is 32.1 Å². The van der Waals surface area contributed by atoms with Gasteiger partial charge in [-0.15, -0.1) is 37.2 Å². The fraction of sp³-hybridized carbons (Fsp3) is 0.483. The van der Waals surface area contributed by atoms with Gasteiger partial charge in [0.25, 0.3) is 0 Å². The van der Waals surface area contributed by atoms with Gasteiger partial charge in [0.1, 0.15) is 5.75 Å². The van der Waals surface area contributed by atoms with Gasteiger partial charge in [-0.3, -0.25) is 0 Å². The number of aromatic nitrogens is 1. The molecule has 2 heterocycles. The van der Waals surface area contributed by atoms with Crippen molar-refractivity contribution in [3.8, 4) is 17.0 Å². The van der Waals surface area contributed by atoms with E-state index in [-0.39, 0.29) is 37.2 Å². The zero-order valence-corrected chi connectivity index (χ0v) is 24.1. The zero-order valence-electron chi connectivity index (χ0n) is 21.7. The lowest BCUT2D eigenvalue weighted by Crippen LogP contribution is -2.38. The summed E-state index contributed by atoms with van der Waals surface area (Å²) in [6.07, 6.45) is 6.75. The van der Waals surface area contributed by atoms with Crippen molar-refractivity contribution in [2.75, 3.05) is 51.7 Å². The monoisotopic (exact) mass is 566 g/mol. The molecule has 0 bridgehead atoms. The second-order valence-corrected chi connectivity index (χ2v) is 9.97. The van der Waals surface area contributed by atoms with Gasteiger partial charge in [0.05, 0.1) is 18.3 Å². The maximum atomic E-state index is 5.30. The molecule has 2 fully saturated rings. The average molecular weight is 568 g/mol. The number of ether oxygens (including phenoxy) is 1. The summed E-state index contributed by atoms with van der Waals surface area (Å²) in [5.74, 6) is 2.73. The fourth-order valence-corrected chi connectivity index (χ4v) is 5.01. The molecule has 2 aliphatic rings. The van der Waals surface area contributed by atoms with Gasteiger partial charge in [0.15, 0.2) is 0 Å². The van der Waals surface area contributed by atoms with E-state index in [1.807, 2.05) is 12.1 Å². The summed E-state index contributed by atoms with van der Waals surface area (Å²) in [6.45, 7) is 7.13. The SMILES string of the molecule is COc1ccc(-c2cc(NCCCNCC3CCN(CC4CC4)CC3)c3ccccc3n2)cc1.Cl.Cl.Cl. The molecule has 5 rings (SSSR count). The highest BCUT2D eigenvalue weighted by Crippen LogP contribution is 2.31. The first kappa shape index (κ1) is 31.5. The van der Waals surface area contributed by atoms with Crippen LogP contribution in [0, 0.1) is 11.8 Å². The van der Waals surface area contributed by atoms with Crippen LogP contribution in [0.4, 0.5) is 5.69 Å². The number of hydrogen-bond donors (Lipinski definition) is 2. The molecule has 37 heavy (non-hydrogen) atoms. The molecular weight excluding hydrogens is 527 g/mol. The Kier molecular flexibility index (Phi) is 13.3. The van der Waals surface area contributed by atoms with E-state index < -0.39 is 0 Å². The van der Waals surface area contributed by atoms with Gasteiger partial charge in [-0.25, -0.2) is 4.98 Å². The van der Waals surface area contributed by atoms with E-state index in [4.69, 9.17) is 9.72 Å². The lowest BCUT2D eigenvalue weighted by Gasteiger charge is -2.32. The molecule has 1 aliphatic carbocycles. The molecule has 2 aromatic carbocycles. The Morgan fingerprint density at radius 1 is 0.892 bits per heavy atom. The topological polar surface area (TPSA) is 49.4 Å². The Morgan fingerprint density at radius 2 is 1.62 bits per heavy atom. The Bertz CT molecular complexity index is 1070. The van der Waals surface area contributed by atoms with Crippen LogP contribution in [0.2, 0.25) is 0 Å². The number of fused-ring (bicyclic) bond motifs is 1. The molecule has 1 saturated carbocycles. The average Bonchev–Trinajstić information content (AvgIpc) is 3.71. The van der Waals surface area contributed by atoms with Crippen LogP contribution in [0.15, 0.2) is 54.6 Å². The molecule has 8 heteroatoms. The van der Waals surface area contributed by atoms with Crippen LogP contribution in [0.25, 0.3) is 22.2 Å². The van der Waals surface area contributed by atoms with E-state index in [0.29, 0.717) is 0 Å². The van der Waals surface area contributed by atoms with Crippen molar-refractivity contribution in [2.24, 2.45) is 11.8 Å². The molecule has 0 spiro atoms. The summed E-state index contributed by atoms with van der Waals surface area (Å²) in [4.78, 5) is 7.59. The summed E-state index contributed by atoms with van der Waals surface area (Å²) in [5.41, 5.74) is 4.25. The number of benzene rings is 2. The summed E-state index contributed by atoms with van der Waals surface area (Å²) in [5, 5.41) is 8.56. The van der Waals surface area contributed by atoms with Crippen molar-refractivity contribution >= 4 is 53.8 Å². The van der Waals surface area contributed by atoms with Crippen molar-refractivity contribution in [2.45, 2.75) is 32.1 Å². The van der Waals surface area contributed by atoms with Gasteiger partial charge in [-0.05, 0) is 107 Å². The molecule has 0 radical (unpaired) electrons. The number of para-hydroxylation sites is 1. The number of nitrogens with zero attached hydrogens (tertiary/aromatic N) is 2. The predicted octanol–water partition coefficient (Wildman–Crippen LogP) is 6.69. The summed E-state index contributed by atoms with van der Waals surface area (Å²) < 4.78 is 5.30. The summed E-state index contributed by atoms with van der Waals surface area (Å²) in [6, 6.07) is 18.7. The van der Waals surface area contributed by atoms with Crippen molar-refractivity contribution < 1.29 is 4.74 Å². The number of anilines is 1. The second kappa shape index (κ2) is 15.6. The van der Waals surface area contributed by atoms with Crippen LogP contribution in [-0.4, -0.2) is 56.3 Å². The Labute approximate surface area is 240 Å². The fourth-order valence-electron chi connectivity index (χ4n) is 5.01. The maximum Gasteiger partial charge on any atom is 0.118 e. The summed E-state index contributed by atoms with van der Waals surface area (Å²) >= 11 is 0. The minimum atomic E-state index is 0. The highest BCUT2D eigenvalue weighted by atomic mass is 35.5. The first-order valence-corrected chi connectivity index (χ1v) is 13.0. The van der Waals surface area contributed by atoms with Gasteiger partial charge in [-0.2, -0.15) is 0 Å². The molecule has 204 valence electrons. The number of halogens is 3. The van der Waals surface area contributed by atoms with Gasteiger partial charge < -0.3 is 20.3 Å². The van der Waals surface area contributed by atoms with E-state index in [9.17, 15) is 0 Å². The number of methoxy groups -OCH3 is 1. The van der Waals surface area contributed by atoms with Gasteiger partial charge >= 0.3 is 0 Å².